The lowest BCUT2D eigenvalue weighted by Gasteiger charge is -2.01. The van der Waals surface area contributed by atoms with Crippen molar-refractivity contribution in [1.29, 1.82) is 0 Å². The molecule has 1 rings (SSSR count). The Balaban J connectivity index is 3.28. The van der Waals surface area contributed by atoms with Gasteiger partial charge in [-0.25, -0.2) is 0 Å². The standard InChI is InChI=1S/C6H7ClN2O/c7-3-1-4(8)5(9)2-6(3)10/h1-2,10H,8-9H2. The van der Waals surface area contributed by atoms with E-state index in [4.69, 9.17) is 28.2 Å². The maximum atomic E-state index is 8.96. The monoisotopic (exact) mass is 158 g/mol. The molecular weight excluding hydrogens is 152 g/mol. The summed E-state index contributed by atoms with van der Waals surface area (Å²) in [5.74, 6) is -0.0478. The number of anilines is 2. The quantitative estimate of drug-likeness (QED) is 0.393. The molecule has 3 nitrogen and oxygen atoms in total. The van der Waals surface area contributed by atoms with Gasteiger partial charge in [-0.3, -0.25) is 0 Å². The van der Waals surface area contributed by atoms with Gasteiger partial charge in [-0.15, -0.1) is 0 Å². The summed E-state index contributed by atoms with van der Waals surface area (Å²) in [4.78, 5) is 0. The van der Waals surface area contributed by atoms with Crippen LogP contribution in [-0.4, -0.2) is 5.11 Å². The number of nitrogens with two attached hydrogens (primary N) is 2. The normalized spacial score (nSPS) is 9.70. The van der Waals surface area contributed by atoms with Gasteiger partial charge in [0.1, 0.15) is 5.75 Å². The molecule has 0 amide bonds. The highest BCUT2D eigenvalue weighted by atomic mass is 35.5. The third kappa shape index (κ3) is 1.09. The van der Waals surface area contributed by atoms with Gasteiger partial charge < -0.3 is 16.6 Å². The minimum absolute atomic E-state index is 0.0478. The van der Waals surface area contributed by atoms with E-state index in [9.17, 15) is 0 Å². The first kappa shape index (κ1) is 7.02. The van der Waals surface area contributed by atoms with Gasteiger partial charge in [0.05, 0.1) is 16.4 Å². The third-order valence-electron chi connectivity index (χ3n) is 1.15. The predicted octanol–water partition coefficient (Wildman–Crippen LogP) is 1.21. The van der Waals surface area contributed by atoms with E-state index in [2.05, 4.69) is 0 Å². The molecule has 10 heavy (non-hydrogen) atoms. The first-order valence-corrected chi connectivity index (χ1v) is 3.02. The van der Waals surface area contributed by atoms with Crippen molar-refractivity contribution >= 4 is 23.0 Å². The number of nitrogen functional groups attached to an aromatic ring is 2. The molecule has 0 spiro atoms. The van der Waals surface area contributed by atoms with E-state index in [-0.39, 0.29) is 10.8 Å². The zero-order valence-electron chi connectivity index (χ0n) is 5.13. The van der Waals surface area contributed by atoms with Crippen molar-refractivity contribution in [2.24, 2.45) is 0 Å². The van der Waals surface area contributed by atoms with Crippen molar-refractivity contribution in [2.45, 2.75) is 0 Å². The van der Waals surface area contributed by atoms with E-state index in [1.807, 2.05) is 0 Å². The first-order chi connectivity index (χ1) is 4.61. The fourth-order valence-corrected chi connectivity index (χ4v) is 0.765. The predicted molar refractivity (Wildman–Crippen MR) is 41.9 cm³/mol. The molecule has 1 aromatic carbocycles. The summed E-state index contributed by atoms with van der Waals surface area (Å²) in [7, 11) is 0. The fourth-order valence-electron chi connectivity index (χ4n) is 0.593. The molecule has 4 heteroatoms. The lowest BCUT2D eigenvalue weighted by atomic mass is 10.2. The van der Waals surface area contributed by atoms with Crippen LogP contribution in [0.15, 0.2) is 12.1 Å². The summed E-state index contributed by atoms with van der Waals surface area (Å²) < 4.78 is 0. The number of phenols is 1. The van der Waals surface area contributed by atoms with Gasteiger partial charge in [-0.1, -0.05) is 11.6 Å². The maximum absolute atomic E-state index is 8.96. The number of halogens is 1. The van der Waals surface area contributed by atoms with Crippen molar-refractivity contribution in [3.63, 3.8) is 0 Å². The van der Waals surface area contributed by atoms with Crippen LogP contribution >= 0.6 is 11.6 Å². The zero-order chi connectivity index (χ0) is 7.72. The van der Waals surface area contributed by atoms with Crippen LogP contribution in [0.3, 0.4) is 0 Å². The van der Waals surface area contributed by atoms with E-state index in [1.165, 1.54) is 12.1 Å². The van der Waals surface area contributed by atoms with Crippen LogP contribution in [0.5, 0.6) is 5.75 Å². The Morgan fingerprint density at radius 2 is 1.70 bits per heavy atom. The Morgan fingerprint density at radius 1 is 1.20 bits per heavy atom. The minimum Gasteiger partial charge on any atom is -0.506 e. The van der Waals surface area contributed by atoms with E-state index >= 15 is 0 Å². The molecule has 0 saturated carbocycles. The topological polar surface area (TPSA) is 72.3 Å². The van der Waals surface area contributed by atoms with E-state index in [0.717, 1.165) is 0 Å². The number of hydrogen-bond donors (Lipinski definition) is 3. The second-order valence-corrected chi connectivity index (χ2v) is 2.34. The average molecular weight is 159 g/mol. The van der Waals surface area contributed by atoms with Crippen LogP contribution in [0.25, 0.3) is 0 Å². The first-order valence-electron chi connectivity index (χ1n) is 2.64. The van der Waals surface area contributed by atoms with E-state index in [1.54, 1.807) is 0 Å². The number of rotatable bonds is 0. The Bertz CT molecular complexity index is 212. The summed E-state index contributed by atoms with van der Waals surface area (Å²) in [5.41, 5.74) is 11.4. The van der Waals surface area contributed by atoms with Crippen LogP contribution in [0.1, 0.15) is 0 Å². The molecular formula is C6H7ClN2O. The van der Waals surface area contributed by atoms with Crippen molar-refractivity contribution in [1.82, 2.24) is 0 Å². The number of hydrogen-bond acceptors (Lipinski definition) is 3. The molecule has 0 aliphatic rings. The zero-order valence-corrected chi connectivity index (χ0v) is 5.89. The summed E-state index contributed by atoms with van der Waals surface area (Å²) >= 11 is 5.50. The summed E-state index contributed by atoms with van der Waals surface area (Å²) in [5, 5.41) is 9.17. The fraction of sp³-hybridized carbons (Fsp3) is 0. The van der Waals surface area contributed by atoms with Crippen molar-refractivity contribution < 1.29 is 5.11 Å². The third-order valence-corrected chi connectivity index (χ3v) is 1.46. The molecule has 0 saturated heterocycles. The highest BCUT2D eigenvalue weighted by molar-refractivity contribution is 6.32. The Kier molecular flexibility index (Phi) is 1.59. The van der Waals surface area contributed by atoms with Crippen molar-refractivity contribution in [2.75, 3.05) is 11.5 Å². The van der Waals surface area contributed by atoms with Crippen LogP contribution in [0.4, 0.5) is 11.4 Å². The molecule has 0 unspecified atom stereocenters. The van der Waals surface area contributed by atoms with Crippen LogP contribution in [0, 0.1) is 0 Å². The van der Waals surface area contributed by atoms with Crippen LogP contribution in [-0.2, 0) is 0 Å². The molecule has 1 aromatic rings. The van der Waals surface area contributed by atoms with E-state index in [0.29, 0.717) is 11.4 Å². The number of aromatic hydroxyl groups is 1. The average Bonchev–Trinajstić information content (AvgIpc) is 1.84. The summed E-state index contributed by atoms with van der Waals surface area (Å²) in [6.07, 6.45) is 0. The number of phenolic OH excluding ortho intramolecular Hbond substituents is 1. The molecule has 0 fully saturated rings. The van der Waals surface area contributed by atoms with Gasteiger partial charge in [0.25, 0.3) is 0 Å². The van der Waals surface area contributed by atoms with Crippen LogP contribution < -0.4 is 11.5 Å². The van der Waals surface area contributed by atoms with Crippen molar-refractivity contribution in [3.05, 3.63) is 17.2 Å². The second kappa shape index (κ2) is 2.27. The molecule has 0 heterocycles. The summed E-state index contributed by atoms with van der Waals surface area (Å²) in [6.45, 7) is 0. The van der Waals surface area contributed by atoms with E-state index < -0.39 is 0 Å². The molecule has 0 aliphatic heterocycles. The van der Waals surface area contributed by atoms with Gasteiger partial charge in [0, 0.05) is 6.07 Å². The van der Waals surface area contributed by atoms with Gasteiger partial charge in [-0.2, -0.15) is 0 Å². The summed E-state index contributed by atoms with van der Waals surface area (Å²) in [6, 6.07) is 2.73. The smallest absolute Gasteiger partial charge is 0.136 e. The molecule has 0 aromatic heterocycles. The Labute approximate surface area is 63.2 Å². The van der Waals surface area contributed by atoms with Gasteiger partial charge in [0.2, 0.25) is 0 Å². The minimum atomic E-state index is -0.0478. The molecule has 0 bridgehead atoms. The highest BCUT2D eigenvalue weighted by Gasteiger charge is 2.00. The molecule has 54 valence electrons. The van der Waals surface area contributed by atoms with Gasteiger partial charge in [0.15, 0.2) is 0 Å². The van der Waals surface area contributed by atoms with Crippen LogP contribution in [0.2, 0.25) is 5.02 Å². The highest BCUT2D eigenvalue weighted by Crippen LogP contribution is 2.29. The largest absolute Gasteiger partial charge is 0.506 e. The lowest BCUT2D eigenvalue weighted by molar-refractivity contribution is 0.476. The SMILES string of the molecule is Nc1cc(O)c(Cl)cc1N. The lowest BCUT2D eigenvalue weighted by Crippen LogP contribution is -1.93. The van der Waals surface area contributed by atoms with Crippen molar-refractivity contribution in [3.8, 4) is 5.75 Å². The Hall–Kier alpha value is -1.09. The molecule has 0 atom stereocenters. The molecule has 5 N–H and O–H groups in total. The maximum Gasteiger partial charge on any atom is 0.136 e. The van der Waals surface area contributed by atoms with Gasteiger partial charge >= 0.3 is 0 Å². The molecule has 0 aliphatic carbocycles. The Morgan fingerprint density at radius 3 is 2.20 bits per heavy atom. The number of benzene rings is 1. The molecule has 0 radical (unpaired) electrons. The van der Waals surface area contributed by atoms with Gasteiger partial charge in [-0.05, 0) is 6.07 Å². The second-order valence-electron chi connectivity index (χ2n) is 1.93.